The van der Waals surface area contributed by atoms with Crippen molar-refractivity contribution in [3.8, 4) is 0 Å². The lowest BCUT2D eigenvalue weighted by atomic mass is 10.3. The fourth-order valence-corrected chi connectivity index (χ4v) is 4.43. The molecule has 0 amide bonds. The maximum atomic E-state index is 12.6. The molecule has 0 saturated carbocycles. The highest BCUT2D eigenvalue weighted by Gasteiger charge is 2.30. The van der Waals surface area contributed by atoms with E-state index in [-0.39, 0.29) is 9.92 Å². The molecule has 0 unspecified atom stereocenters. The Morgan fingerprint density at radius 3 is 2.25 bits per heavy atom. The summed E-state index contributed by atoms with van der Waals surface area (Å²) < 4.78 is 26.7. The van der Waals surface area contributed by atoms with E-state index in [2.05, 4.69) is 18.7 Å². The van der Waals surface area contributed by atoms with Gasteiger partial charge in [-0.25, -0.2) is 8.42 Å². The third-order valence-electron chi connectivity index (χ3n) is 3.51. The van der Waals surface area contributed by atoms with Crippen molar-refractivity contribution in [3.63, 3.8) is 0 Å². The number of halogens is 2. The largest absolute Gasteiger partial charge is 0.298 e. The van der Waals surface area contributed by atoms with Gasteiger partial charge in [-0.2, -0.15) is 4.31 Å². The molecule has 112 valence electrons. The number of nitrogens with zero attached hydrogens (tertiary/aromatic N) is 2. The van der Waals surface area contributed by atoms with E-state index < -0.39 is 10.0 Å². The second kappa shape index (κ2) is 6.20. The van der Waals surface area contributed by atoms with Gasteiger partial charge in [-0.3, -0.25) is 4.90 Å². The van der Waals surface area contributed by atoms with Crippen molar-refractivity contribution in [3.05, 3.63) is 28.2 Å². The van der Waals surface area contributed by atoms with Crippen LogP contribution in [0, 0.1) is 0 Å². The summed E-state index contributed by atoms with van der Waals surface area (Å²) in [4.78, 5) is 2.34. The summed E-state index contributed by atoms with van der Waals surface area (Å²) in [7, 11) is -3.57. The van der Waals surface area contributed by atoms with E-state index in [0.717, 1.165) is 13.1 Å². The first kappa shape index (κ1) is 16.0. The Balaban J connectivity index is 2.22. The normalized spacial score (nSPS) is 18.6. The molecule has 0 aromatic heterocycles. The van der Waals surface area contributed by atoms with Gasteiger partial charge in [-0.05, 0) is 32.0 Å². The molecule has 1 aliphatic rings. The molecule has 0 radical (unpaired) electrons. The van der Waals surface area contributed by atoms with Crippen LogP contribution in [0.2, 0.25) is 10.0 Å². The van der Waals surface area contributed by atoms with Gasteiger partial charge >= 0.3 is 0 Å². The Morgan fingerprint density at radius 1 is 1.10 bits per heavy atom. The highest BCUT2D eigenvalue weighted by Crippen LogP contribution is 2.28. The molecule has 0 spiro atoms. The molecule has 7 heteroatoms. The highest BCUT2D eigenvalue weighted by atomic mass is 35.5. The van der Waals surface area contributed by atoms with Crippen LogP contribution in [0.25, 0.3) is 0 Å². The van der Waals surface area contributed by atoms with Gasteiger partial charge in [0, 0.05) is 37.2 Å². The summed E-state index contributed by atoms with van der Waals surface area (Å²) in [5.41, 5.74) is 0. The Kier molecular flexibility index (Phi) is 4.97. The minimum absolute atomic E-state index is 0.0877. The number of hydrogen-bond acceptors (Lipinski definition) is 3. The molecular formula is C13H18Cl2N2O2S. The number of benzene rings is 1. The Labute approximate surface area is 130 Å². The molecule has 2 rings (SSSR count). The standard InChI is InChI=1S/C13H18Cl2N2O2S/c1-10(2)16-5-7-17(8-6-16)20(18,19)13-9-11(14)3-4-12(13)15/h3-4,9-10H,5-8H2,1-2H3. The van der Waals surface area contributed by atoms with Crippen molar-refractivity contribution in [1.29, 1.82) is 0 Å². The van der Waals surface area contributed by atoms with Crippen LogP contribution < -0.4 is 0 Å². The van der Waals surface area contributed by atoms with Crippen LogP contribution in [-0.2, 0) is 10.0 Å². The molecule has 1 aromatic carbocycles. The maximum absolute atomic E-state index is 12.6. The lowest BCUT2D eigenvalue weighted by Crippen LogP contribution is -2.50. The fourth-order valence-electron chi connectivity index (χ4n) is 2.27. The summed E-state index contributed by atoms with van der Waals surface area (Å²) in [5.74, 6) is 0. The number of piperazine rings is 1. The number of sulfonamides is 1. The van der Waals surface area contributed by atoms with Gasteiger partial charge in [0.15, 0.2) is 0 Å². The van der Waals surface area contributed by atoms with Crippen molar-refractivity contribution < 1.29 is 8.42 Å². The second-order valence-electron chi connectivity index (χ2n) is 5.11. The van der Waals surface area contributed by atoms with E-state index in [1.54, 1.807) is 6.07 Å². The summed E-state index contributed by atoms with van der Waals surface area (Å²) >= 11 is 11.9. The molecular weight excluding hydrogens is 319 g/mol. The SMILES string of the molecule is CC(C)N1CCN(S(=O)(=O)c2cc(Cl)ccc2Cl)CC1. The molecule has 1 fully saturated rings. The lowest BCUT2D eigenvalue weighted by Gasteiger charge is -2.36. The van der Waals surface area contributed by atoms with Crippen LogP contribution in [0.3, 0.4) is 0 Å². The Hall–Kier alpha value is -0.330. The minimum Gasteiger partial charge on any atom is -0.298 e. The van der Waals surface area contributed by atoms with E-state index in [4.69, 9.17) is 23.2 Å². The zero-order chi connectivity index (χ0) is 14.9. The smallest absolute Gasteiger partial charge is 0.244 e. The van der Waals surface area contributed by atoms with Crippen LogP contribution >= 0.6 is 23.2 Å². The maximum Gasteiger partial charge on any atom is 0.244 e. The Morgan fingerprint density at radius 2 is 1.70 bits per heavy atom. The Bertz CT molecular complexity index is 582. The van der Waals surface area contributed by atoms with Crippen LogP contribution in [0.15, 0.2) is 23.1 Å². The minimum atomic E-state index is -3.57. The van der Waals surface area contributed by atoms with Crippen molar-refractivity contribution >= 4 is 33.2 Å². The highest BCUT2D eigenvalue weighted by molar-refractivity contribution is 7.89. The first-order chi connectivity index (χ1) is 9.32. The molecule has 1 heterocycles. The zero-order valence-corrected chi connectivity index (χ0v) is 13.8. The predicted molar refractivity (Wildman–Crippen MR) is 81.9 cm³/mol. The summed E-state index contributed by atoms with van der Waals surface area (Å²) in [5, 5.41) is 0.578. The molecule has 0 N–H and O–H groups in total. The van der Waals surface area contributed by atoms with E-state index in [9.17, 15) is 8.42 Å². The average molecular weight is 337 g/mol. The molecule has 1 aromatic rings. The number of hydrogen-bond donors (Lipinski definition) is 0. The van der Waals surface area contributed by atoms with Crippen molar-refractivity contribution in [2.75, 3.05) is 26.2 Å². The van der Waals surface area contributed by atoms with Crippen LogP contribution in [0.5, 0.6) is 0 Å². The van der Waals surface area contributed by atoms with E-state index in [0.29, 0.717) is 24.2 Å². The zero-order valence-electron chi connectivity index (χ0n) is 11.5. The third-order valence-corrected chi connectivity index (χ3v) is 6.13. The predicted octanol–water partition coefficient (Wildman–Crippen LogP) is 2.71. The van der Waals surface area contributed by atoms with Gasteiger partial charge in [0.05, 0.1) is 5.02 Å². The van der Waals surface area contributed by atoms with E-state index in [1.165, 1.54) is 16.4 Å². The van der Waals surface area contributed by atoms with Crippen molar-refractivity contribution in [1.82, 2.24) is 9.21 Å². The van der Waals surface area contributed by atoms with Gasteiger partial charge in [-0.1, -0.05) is 23.2 Å². The summed E-state index contributed by atoms with van der Waals surface area (Å²) in [6.07, 6.45) is 0. The monoisotopic (exact) mass is 336 g/mol. The van der Waals surface area contributed by atoms with Crippen LogP contribution in [0.4, 0.5) is 0 Å². The second-order valence-corrected chi connectivity index (χ2v) is 7.86. The lowest BCUT2D eigenvalue weighted by molar-refractivity contribution is 0.154. The van der Waals surface area contributed by atoms with E-state index in [1.807, 2.05) is 0 Å². The van der Waals surface area contributed by atoms with Crippen molar-refractivity contribution in [2.45, 2.75) is 24.8 Å². The molecule has 0 aliphatic carbocycles. The quantitative estimate of drug-likeness (QED) is 0.852. The van der Waals surface area contributed by atoms with Gasteiger partial charge in [0.25, 0.3) is 0 Å². The van der Waals surface area contributed by atoms with Gasteiger partial charge in [0.1, 0.15) is 4.90 Å². The van der Waals surface area contributed by atoms with Gasteiger partial charge < -0.3 is 0 Å². The fraction of sp³-hybridized carbons (Fsp3) is 0.538. The van der Waals surface area contributed by atoms with Gasteiger partial charge in [0.2, 0.25) is 10.0 Å². The third kappa shape index (κ3) is 3.28. The molecule has 20 heavy (non-hydrogen) atoms. The van der Waals surface area contributed by atoms with Crippen LogP contribution in [0.1, 0.15) is 13.8 Å². The van der Waals surface area contributed by atoms with E-state index >= 15 is 0 Å². The average Bonchev–Trinajstić information content (AvgIpc) is 2.41. The summed E-state index contributed by atoms with van der Waals surface area (Å²) in [6.45, 7) is 6.63. The molecule has 0 atom stereocenters. The first-order valence-electron chi connectivity index (χ1n) is 6.51. The van der Waals surface area contributed by atoms with Crippen molar-refractivity contribution in [2.24, 2.45) is 0 Å². The van der Waals surface area contributed by atoms with Gasteiger partial charge in [-0.15, -0.1) is 0 Å². The summed E-state index contributed by atoms with van der Waals surface area (Å²) in [6, 6.07) is 4.93. The first-order valence-corrected chi connectivity index (χ1v) is 8.71. The molecule has 1 aliphatic heterocycles. The molecule has 0 bridgehead atoms. The molecule has 4 nitrogen and oxygen atoms in total. The van der Waals surface area contributed by atoms with Crippen LogP contribution in [-0.4, -0.2) is 49.8 Å². The topological polar surface area (TPSA) is 40.6 Å². The number of rotatable bonds is 3. The molecule has 1 saturated heterocycles.